The first-order valence-electron chi connectivity index (χ1n) is 7.53. The van der Waals surface area contributed by atoms with Crippen LogP contribution in [0.4, 0.5) is 0 Å². The summed E-state index contributed by atoms with van der Waals surface area (Å²) >= 11 is 9.65. The first-order valence-corrected chi connectivity index (χ1v) is 8.70. The molecule has 20 heavy (non-hydrogen) atoms. The van der Waals surface area contributed by atoms with Gasteiger partial charge in [-0.1, -0.05) is 24.6 Å². The molecule has 1 aliphatic carbocycles. The van der Waals surface area contributed by atoms with E-state index in [0.29, 0.717) is 12.1 Å². The number of nitrogens with zero attached hydrogens (tertiary/aromatic N) is 1. The SMILES string of the molecule is CCCN(Cc1ccc(Br)c(Cl)c1)C1CCC(N)CC1. The van der Waals surface area contributed by atoms with Crippen molar-refractivity contribution >= 4 is 27.5 Å². The third-order valence-electron chi connectivity index (χ3n) is 4.14. The Morgan fingerprint density at radius 1 is 1.30 bits per heavy atom. The topological polar surface area (TPSA) is 29.3 Å². The van der Waals surface area contributed by atoms with E-state index < -0.39 is 0 Å². The molecule has 0 aliphatic heterocycles. The molecular formula is C16H24BrClN2. The Bertz CT molecular complexity index is 430. The molecule has 1 aromatic rings. The summed E-state index contributed by atoms with van der Waals surface area (Å²) < 4.78 is 0.966. The molecule has 1 aromatic carbocycles. The molecular weight excluding hydrogens is 336 g/mol. The second-order valence-corrected chi connectivity index (χ2v) is 7.05. The van der Waals surface area contributed by atoms with Gasteiger partial charge in [-0.15, -0.1) is 0 Å². The van der Waals surface area contributed by atoms with Crippen molar-refractivity contribution < 1.29 is 0 Å². The minimum absolute atomic E-state index is 0.414. The van der Waals surface area contributed by atoms with Gasteiger partial charge in [0.1, 0.15) is 0 Å². The van der Waals surface area contributed by atoms with E-state index in [1.54, 1.807) is 0 Å². The summed E-state index contributed by atoms with van der Waals surface area (Å²) in [5, 5.41) is 0.796. The maximum atomic E-state index is 6.20. The molecule has 2 rings (SSSR count). The van der Waals surface area contributed by atoms with Crippen molar-refractivity contribution in [2.24, 2.45) is 5.73 Å². The average molecular weight is 360 g/mol. The van der Waals surface area contributed by atoms with Crippen molar-refractivity contribution in [2.45, 2.75) is 57.7 Å². The first-order chi connectivity index (χ1) is 9.60. The Labute approximate surface area is 135 Å². The fraction of sp³-hybridized carbons (Fsp3) is 0.625. The van der Waals surface area contributed by atoms with Crippen molar-refractivity contribution in [3.8, 4) is 0 Å². The highest BCUT2D eigenvalue weighted by Crippen LogP contribution is 2.27. The highest BCUT2D eigenvalue weighted by Gasteiger charge is 2.23. The molecule has 0 unspecified atom stereocenters. The Hall–Kier alpha value is -0.0900. The Morgan fingerprint density at radius 2 is 2.00 bits per heavy atom. The van der Waals surface area contributed by atoms with Gasteiger partial charge in [0.15, 0.2) is 0 Å². The summed E-state index contributed by atoms with van der Waals surface area (Å²) in [4.78, 5) is 2.60. The second-order valence-electron chi connectivity index (χ2n) is 5.79. The third kappa shape index (κ3) is 4.45. The van der Waals surface area contributed by atoms with Gasteiger partial charge < -0.3 is 5.73 Å². The van der Waals surface area contributed by atoms with E-state index >= 15 is 0 Å². The molecule has 0 radical (unpaired) electrons. The van der Waals surface area contributed by atoms with Gasteiger partial charge in [0.25, 0.3) is 0 Å². The molecule has 1 saturated carbocycles. The highest BCUT2D eigenvalue weighted by atomic mass is 79.9. The minimum atomic E-state index is 0.414. The molecule has 1 fully saturated rings. The van der Waals surface area contributed by atoms with Crippen LogP contribution in [0.3, 0.4) is 0 Å². The van der Waals surface area contributed by atoms with Gasteiger partial charge in [0.05, 0.1) is 5.02 Å². The first kappa shape index (κ1) is 16.3. The number of hydrogen-bond donors (Lipinski definition) is 1. The number of halogens is 2. The molecule has 0 heterocycles. The largest absolute Gasteiger partial charge is 0.328 e. The van der Waals surface area contributed by atoms with Crippen LogP contribution in [0.15, 0.2) is 22.7 Å². The van der Waals surface area contributed by atoms with Crippen LogP contribution in [0.5, 0.6) is 0 Å². The summed E-state index contributed by atoms with van der Waals surface area (Å²) in [5.74, 6) is 0. The van der Waals surface area contributed by atoms with Crippen LogP contribution < -0.4 is 5.73 Å². The molecule has 4 heteroatoms. The smallest absolute Gasteiger partial charge is 0.0551 e. The summed E-state index contributed by atoms with van der Waals surface area (Å²) in [6.07, 6.45) is 5.96. The van der Waals surface area contributed by atoms with Crippen LogP contribution in [0.2, 0.25) is 5.02 Å². The molecule has 0 atom stereocenters. The van der Waals surface area contributed by atoms with Crippen LogP contribution in [-0.4, -0.2) is 23.5 Å². The number of nitrogens with two attached hydrogens (primary N) is 1. The van der Waals surface area contributed by atoms with E-state index in [0.717, 1.165) is 35.4 Å². The lowest BCUT2D eigenvalue weighted by molar-refractivity contribution is 0.142. The molecule has 0 bridgehead atoms. The molecule has 0 spiro atoms. The van der Waals surface area contributed by atoms with E-state index in [1.165, 1.54) is 24.8 Å². The van der Waals surface area contributed by atoms with Gasteiger partial charge in [-0.2, -0.15) is 0 Å². The lowest BCUT2D eigenvalue weighted by Crippen LogP contribution is -2.40. The lowest BCUT2D eigenvalue weighted by atomic mass is 9.90. The average Bonchev–Trinajstić information content (AvgIpc) is 2.43. The quantitative estimate of drug-likeness (QED) is 0.833. The predicted molar refractivity (Wildman–Crippen MR) is 90.1 cm³/mol. The fourth-order valence-corrected chi connectivity index (χ4v) is 3.47. The van der Waals surface area contributed by atoms with Crippen LogP contribution >= 0.6 is 27.5 Å². The number of rotatable bonds is 5. The molecule has 0 saturated heterocycles. The molecule has 1 aliphatic rings. The van der Waals surface area contributed by atoms with E-state index in [9.17, 15) is 0 Å². The van der Waals surface area contributed by atoms with Crippen LogP contribution in [0.1, 0.15) is 44.6 Å². The van der Waals surface area contributed by atoms with Crippen molar-refractivity contribution in [3.63, 3.8) is 0 Å². The predicted octanol–water partition coefficient (Wildman–Crippen LogP) is 4.58. The maximum absolute atomic E-state index is 6.20. The Balaban J connectivity index is 2.02. The number of hydrogen-bond acceptors (Lipinski definition) is 2. The van der Waals surface area contributed by atoms with Crippen LogP contribution in [0.25, 0.3) is 0 Å². The normalized spacial score (nSPS) is 23.2. The fourth-order valence-electron chi connectivity index (χ4n) is 3.02. The Morgan fingerprint density at radius 3 is 2.60 bits per heavy atom. The van der Waals surface area contributed by atoms with Crippen LogP contribution in [0, 0.1) is 0 Å². The van der Waals surface area contributed by atoms with E-state index in [4.69, 9.17) is 17.3 Å². The monoisotopic (exact) mass is 358 g/mol. The summed E-state index contributed by atoms with van der Waals surface area (Å²) in [6, 6.07) is 7.36. The summed E-state index contributed by atoms with van der Waals surface area (Å²) in [5.41, 5.74) is 7.31. The standard InChI is InChI=1S/C16H24BrClN2/c1-2-9-20(14-6-4-13(19)5-7-14)11-12-3-8-15(17)16(18)10-12/h3,8,10,13-14H,2,4-7,9,11,19H2,1H3. The number of benzene rings is 1. The van der Waals surface area contributed by atoms with Crippen molar-refractivity contribution in [1.82, 2.24) is 4.90 Å². The minimum Gasteiger partial charge on any atom is -0.328 e. The maximum Gasteiger partial charge on any atom is 0.0551 e. The van der Waals surface area contributed by atoms with Crippen LogP contribution in [-0.2, 0) is 6.54 Å². The molecule has 112 valence electrons. The van der Waals surface area contributed by atoms with E-state index in [1.807, 2.05) is 6.07 Å². The van der Waals surface area contributed by atoms with Gasteiger partial charge in [-0.25, -0.2) is 0 Å². The molecule has 0 aromatic heterocycles. The van der Waals surface area contributed by atoms with Crippen molar-refractivity contribution in [2.75, 3.05) is 6.54 Å². The van der Waals surface area contributed by atoms with Crippen molar-refractivity contribution in [3.05, 3.63) is 33.3 Å². The second kappa shape index (κ2) is 7.79. The highest BCUT2D eigenvalue weighted by molar-refractivity contribution is 9.10. The lowest BCUT2D eigenvalue weighted by Gasteiger charge is -2.36. The van der Waals surface area contributed by atoms with E-state index in [2.05, 4.69) is 39.9 Å². The van der Waals surface area contributed by atoms with Gasteiger partial charge in [-0.05, 0) is 72.3 Å². The molecule has 2 N–H and O–H groups in total. The summed E-state index contributed by atoms with van der Waals surface area (Å²) in [7, 11) is 0. The van der Waals surface area contributed by atoms with Gasteiger partial charge in [-0.3, -0.25) is 4.90 Å². The van der Waals surface area contributed by atoms with Crippen molar-refractivity contribution in [1.29, 1.82) is 0 Å². The Kier molecular flexibility index (Phi) is 6.34. The zero-order valence-electron chi connectivity index (χ0n) is 12.1. The molecule has 2 nitrogen and oxygen atoms in total. The van der Waals surface area contributed by atoms with Gasteiger partial charge in [0.2, 0.25) is 0 Å². The third-order valence-corrected chi connectivity index (χ3v) is 5.37. The van der Waals surface area contributed by atoms with Gasteiger partial charge >= 0.3 is 0 Å². The zero-order valence-corrected chi connectivity index (χ0v) is 14.5. The van der Waals surface area contributed by atoms with Gasteiger partial charge in [0, 0.05) is 23.1 Å². The summed E-state index contributed by atoms with van der Waals surface area (Å²) in [6.45, 7) is 4.38. The van der Waals surface area contributed by atoms with E-state index in [-0.39, 0.29) is 0 Å². The zero-order chi connectivity index (χ0) is 14.5. The molecule has 0 amide bonds.